The maximum Gasteiger partial charge on any atom is 0.416 e. The lowest BCUT2D eigenvalue weighted by molar-refractivity contribution is -0.137. The number of aromatic nitrogens is 1. The number of hydrogen-bond acceptors (Lipinski definition) is 1. The van der Waals surface area contributed by atoms with Gasteiger partial charge in [-0.3, -0.25) is 0 Å². The second-order valence-electron chi connectivity index (χ2n) is 5.57. The number of nitrogens with zero attached hydrogens (tertiary/aromatic N) is 2. The van der Waals surface area contributed by atoms with Crippen LogP contribution in [0.1, 0.15) is 29.3 Å². The average molecular weight is 373 g/mol. The monoisotopic (exact) mass is 372 g/mol. The van der Waals surface area contributed by atoms with Crippen LogP contribution in [0, 0.1) is 23.2 Å². The van der Waals surface area contributed by atoms with Crippen molar-refractivity contribution >= 4 is 22.5 Å². The largest absolute Gasteiger partial charge is 0.416 e. The summed E-state index contributed by atoms with van der Waals surface area (Å²) in [4.78, 5) is 0. The molecule has 0 aliphatic carbocycles. The summed E-state index contributed by atoms with van der Waals surface area (Å²) >= 11 is 5.94. The number of rotatable bonds is 1. The van der Waals surface area contributed by atoms with Crippen LogP contribution in [0.15, 0.2) is 42.5 Å². The van der Waals surface area contributed by atoms with Crippen LogP contribution in [0.3, 0.4) is 0 Å². The topological polar surface area (TPSA) is 28.7 Å². The molecule has 0 radical (unpaired) electrons. The summed E-state index contributed by atoms with van der Waals surface area (Å²) in [7, 11) is 0. The summed E-state index contributed by atoms with van der Waals surface area (Å²) in [6.07, 6.45) is -4.45. The van der Waals surface area contributed by atoms with Gasteiger partial charge in [0.15, 0.2) is 0 Å². The minimum atomic E-state index is -4.45. The van der Waals surface area contributed by atoms with E-state index in [2.05, 4.69) is 17.9 Å². The molecule has 2 nitrogen and oxygen atoms in total. The van der Waals surface area contributed by atoms with Gasteiger partial charge < -0.3 is 4.57 Å². The molecule has 0 bridgehead atoms. The molecule has 6 heteroatoms. The zero-order valence-electron chi connectivity index (χ0n) is 13.7. The Kier molecular flexibility index (Phi) is 4.68. The molecule has 0 atom stereocenters. The van der Waals surface area contributed by atoms with Gasteiger partial charge in [0.25, 0.3) is 0 Å². The first kappa shape index (κ1) is 17.9. The molecule has 2 aromatic carbocycles. The Morgan fingerprint density at radius 1 is 1.12 bits per heavy atom. The molecule has 26 heavy (non-hydrogen) atoms. The molecule has 0 amide bonds. The van der Waals surface area contributed by atoms with Crippen molar-refractivity contribution < 1.29 is 13.2 Å². The number of nitriles is 1. The van der Waals surface area contributed by atoms with Crippen molar-refractivity contribution in [3.05, 3.63) is 69.9 Å². The van der Waals surface area contributed by atoms with Gasteiger partial charge in [0.2, 0.25) is 0 Å². The Labute approximate surface area is 153 Å². The quantitative estimate of drug-likeness (QED) is 0.511. The first-order chi connectivity index (χ1) is 12.3. The fourth-order valence-corrected chi connectivity index (χ4v) is 2.99. The minimum Gasteiger partial charge on any atom is -0.333 e. The molecule has 0 N–H and O–H groups in total. The summed E-state index contributed by atoms with van der Waals surface area (Å²) in [5.74, 6) is 5.85. The van der Waals surface area contributed by atoms with E-state index in [1.54, 1.807) is 35.8 Å². The maximum absolute atomic E-state index is 13.0. The van der Waals surface area contributed by atoms with Crippen LogP contribution in [0.25, 0.3) is 10.9 Å². The second kappa shape index (κ2) is 6.78. The van der Waals surface area contributed by atoms with Crippen LogP contribution >= 0.6 is 11.6 Å². The number of aryl methyl sites for hydroxylation is 1. The van der Waals surface area contributed by atoms with Gasteiger partial charge >= 0.3 is 6.18 Å². The molecule has 0 aliphatic heterocycles. The molecule has 0 aliphatic rings. The van der Waals surface area contributed by atoms with Crippen LogP contribution in [0.5, 0.6) is 0 Å². The third-order valence-electron chi connectivity index (χ3n) is 3.97. The second-order valence-corrected chi connectivity index (χ2v) is 6.01. The van der Waals surface area contributed by atoms with E-state index in [0.717, 1.165) is 12.1 Å². The van der Waals surface area contributed by atoms with E-state index in [4.69, 9.17) is 11.6 Å². The molecular formula is C20H12ClF3N2. The standard InChI is InChI=1S/C20H12ClF3N2/c1-2-26-18(9-6-13-4-3-5-15(21)10-13)17(12-25)16-8-7-14(11-19(16)26)20(22,23)24/h3-5,7-8,10-11H,2H2,1H3. The van der Waals surface area contributed by atoms with Gasteiger partial charge in [0.1, 0.15) is 11.8 Å². The minimum absolute atomic E-state index is 0.269. The van der Waals surface area contributed by atoms with Crippen molar-refractivity contribution in [3.63, 3.8) is 0 Å². The summed E-state index contributed by atoms with van der Waals surface area (Å²) in [6, 6.07) is 12.4. The molecule has 3 aromatic rings. The predicted molar refractivity (Wildman–Crippen MR) is 94.8 cm³/mol. The Morgan fingerprint density at radius 3 is 2.50 bits per heavy atom. The Balaban J connectivity index is 2.24. The van der Waals surface area contributed by atoms with Crippen LogP contribution in [-0.2, 0) is 12.7 Å². The van der Waals surface area contributed by atoms with Gasteiger partial charge in [-0.25, -0.2) is 0 Å². The van der Waals surface area contributed by atoms with E-state index in [1.165, 1.54) is 6.07 Å². The van der Waals surface area contributed by atoms with E-state index in [1.807, 2.05) is 0 Å². The van der Waals surface area contributed by atoms with Gasteiger partial charge in [-0.1, -0.05) is 29.7 Å². The molecule has 0 saturated heterocycles. The molecule has 0 unspecified atom stereocenters. The number of halogens is 4. The summed E-state index contributed by atoms with van der Waals surface area (Å²) in [5, 5.41) is 10.5. The highest BCUT2D eigenvalue weighted by molar-refractivity contribution is 6.30. The highest BCUT2D eigenvalue weighted by Gasteiger charge is 2.31. The zero-order chi connectivity index (χ0) is 18.9. The highest BCUT2D eigenvalue weighted by atomic mass is 35.5. The van der Waals surface area contributed by atoms with Gasteiger partial charge in [-0.2, -0.15) is 18.4 Å². The van der Waals surface area contributed by atoms with Crippen molar-refractivity contribution in [1.29, 1.82) is 5.26 Å². The van der Waals surface area contributed by atoms with E-state index in [0.29, 0.717) is 33.7 Å². The molecule has 0 saturated carbocycles. The normalized spacial score (nSPS) is 11.1. The van der Waals surface area contributed by atoms with Crippen LogP contribution < -0.4 is 0 Å². The van der Waals surface area contributed by atoms with Crippen molar-refractivity contribution in [2.24, 2.45) is 0 Å². The third kappa shape index (κ3) is 3.27. The lowest BCUT2D eigenvalue weighted by atomic mass is 10.1. The first-order valence-corrected chi connectivity index (χ1v) is 8.14. The Bertz CT molecular complexity index is 1090. The van der Waals surface area contributed by atoms with E-state index >= 15 is 0 Å². The molecular weight excluding hydrogens is 361 g/mol. The molecule has 1 heterocycles. The summed E-state index contributed by atoms with van der Waals surface area (Å²) < 4.78 is 40.7. The van der Waals surface area contributed by atoms with Crippen molar-refractivity contribution in [2.45, 2.75) is 19.6 Å². The summed E-state index contributed by atoms with van der Waals surface area (Å²) in [5.41, 5.74) is 0.907. The predicted octanol–water partition coefficient (Wildman–Crippen LogP) is 5.60. The van der Waals surface area contributed by atoms with E-state index in [-0.39, 0.29) is 5.56 Å². The molecule has 0 fully saturated rings. The van der Waals surface area contributed by atoms with E-state index in [9.17, 15) is 18.4 Å². The average Bonchev–Trinajstić information content (AvgIpc) is 2.91. The van der Waals surface area contributed by atoms with Gasteiger partial charge in [0, 0.05) is 22.5 Å². The Morgan fingerprint density at radius 2 is 1.88 bits per heavy atom. The lowest BCUT2D eigenvalue weighted by Crippen LogP contribution is -2.05. The lowest BCUT2D eigenvalue weighted by Gasteiger charge is -2.08. The molecule has 1 aromatic heterocycles. The smallest absolute Gasteiger partial charge is 0.333 e. The first-order valence-electron chi connectivity index (χ1n) is 7.76. The number of alkyl halides is 3. The fourth-order valence-electron chi connectivity index (χ4n) is 2.79. The van der Waals surface area contributed by atoms with Crippen LogP contribution in [0.4, 0.5) is 13.2 Å². The van der Waals surface area contributed by atoms with Gasteiger partial charge in [-0.05, 0) is 43.2 Å². The fraction of sp³-hybridized carbons (Fsp3) is 0.150. The maximum atomic E-state index is 13.0. The van der Waals surface area contributed by atoms with Crippen molar-refractivity contribution in [2.75, 3.05) is 0 Å². The van der Waals surface area contributed by atoms with Crippen molar-refractivity contribution in [3.8, 4) is 17.9 Å². The summed E-state index contributed by atoms with van der Waals surface area (Å²) in [6.45, 7) is 2.18. The number of benzene rings is 2. The molecule has 3 rings (SSSR count). The third-order valence-corrected chi connectivity index (χ3v) is 4.20. The SMILES string of the molecule is CCn1c(C#Cc2cccc(Cl)c2)c(C#N)c2ccc(C(F)(F)F)cc21. The zero-order valence-corrected chi connectivity index (χ0v) is 14.4. The van der Waals surface area contributed by atoms with Gasteiger partial charge in [-0.15, -0.1) is 0 Å². The highest BCUT2D eigenvalue weighted by Crippen LogP contribution is 2.34. The Hall–Kier alpha value is -2.89. The molecule has 0 spiro atoms. The number of fused-ring (bicyclic) bond motifs is 1. The van der Waals surface area contributed by atoms with Crippen molar-refractivity contribution in [1.82, 2.24) is 4.57 Å². The van der Waals surface area contributed by atoms with Crippen LogP contribution in [0.2, 0.25) is 5.02 Å². The number of hydrogen-bond donors (Lipinski definition) is 0. The van der Waals surface area contributed by atoms with Gasteiger partial charge in [0.05, 0.1) is 16.6 Å². The van der Waals surface area contributed by atoms with Crippen LogP contribution in [-0.4, -0.2) is 4.57 Å². The molecule has 130 valence electrons. The van der Waals surface area contributed by atoms with E-state index < -0.39 is 11.7 Å².